The van der Waals surface area contributed by atoms with Crippen molar-refractivity contribution in [3.05, 3.63) is 0 Å². The maximum absolute atomic E-state index is 10.4. The van der Waals surface area contributed by atoms with E-state index >= 15 is 0 Å². The third kappa shape index (κ3) is 8.62. The van der Waals surface area contributed by atoms with Gasteiger partial charge in [0.25, 0.3) is 0 Å². The number of aliphatic hydroxyl groups excluding tert-OH is 1. The van der Waals surface area contributed by atoms with Crippen LogP contribution in [0.5, 0.6) is 0 Å². The average Bonchev–Trinajstić information content (AvgIpc) is 2.09. The van der Waals surface area contributed by atoms with Crippen molar-refractivity contribution < 1.29 is 24.0 Å². The highest BCUT2D eigenvalue weighted by atomic mass is 31.2. The summed E-state index contributed by atoms with van der Waals surface area (Å²) in [6, 6.07) is 0. The highest BCUT2D eigenvalue weighted by Gasteiger charge is 2.17. The topological polar surface area (TPSA) is 113 Å². The molecule has 0 saturated heterocycles. The lowest BCUT2D eigenvalue weighted by Crippen LogP contribution is -2.13. The summed E-state index contributed by atoms with van der Waals surface area (Å²) in [6.07, 6.45) is 2.33. The lowest BCUT2D eigenvalue weighted by molar-refractivity contribution is 0.123. The van der Waals surface area contributed by atoms with Gasteiger partial charge in [0, 0.05) is 12.5 Å². The number of unbranched alkanes of at least 4 members (excludes halogenated alkanes) is 1. The molecule has 1 unspecified atom stereocenters. The van der Waals surface area contributed by atoms with Gasteiger partial charge in [-0.2, -0.15) is 0 Å². The van der Waals surface area contributed by atoms with Gasteiger partial charge in [-0.1, -0.05) is 6.42 Å². The van der Waals surface area contributed by atoms with Crippen LogP contribution in [0.25, 0.3) is 0 Å². The largest absolute Gasteiger partial charge is 0.469 e. The number of phosphoric ester groups is 1. The molecule has 0 amide bonds. The Balaban J connectivity index is 3.63. The van der Waals surface area contributed by atoms with Crippen LogP contribution in [0.15, 0.2) is 0 Å². The summed E-state index contributed by atoms with van der Waals surface area (Å²) in [4.78, 5) is 16.8. The second-order valence-corrected chi connectivity index (χ2v) is 4.36. The predicted octanol–water partition coefficient (Wildman–Crippen LogP) is -0.167. The monoisotopic (exact) mass is 227 g/mol. The third-order valence-electron chi connectivity index (χ3n) is 1.80. The molecule has 0 rings (SSSR count). The van der Waals surface area contributed by atoms with Gasteiger partial charge >= 0.3 is 7.82 Å². The molecule has 0 saturated carbocycles. The Kier molecular flexibility index (Phi) is 7.35. The first-order valence-corrected chi connectivity index (χ1v) is 6.03. The van der Waals surface area contributed by atoms with Crippen LogP contribution in [0.2, 0.25) is 0 Å². The fraction of sp³-hybridized carbons (Fsp3) is 1.00. The summed E-state index contributed by atoms with van der Waals surface area (Å²) in [6.45, 7) is 0.327. The van der Waals surface area contributed by atoms with Crippen molar-refractivity contribution in [3.63, 3.8) is 0 Å². The van der Waals surface area contributed by atoms with E-state index in [4.69, 9.17) is 20.6 Å². The van der Waals surface area contributed by atoms with E-state index in [0.29, 0.717) is 13.0 Å². The van der Waals surface area contributed by atoms with Crippen LogP contribution in [-0.2, 0) is 9.09 Å². The highest BCUT2D eigenvalue weighted by molar-refractivity contribution is 7.46. The van der Waals surface area contributed by atoms with E-state index in [1.54, 1.807) is 0 Å². The Morgan fingerprint density at radius 1 is 1.36 bits per heavy atom. The quantitative estimate of drug-likeness (QED) is 0.338. The second-order valence-electron chi connectivity index (χ2n) is 3.12. The Hall–Kier alpha value is 0.0300. The molecule has 0 aromatic heterocycles. The molecule has 1 atom stereocenters. The minimum Gasteiger partial charge on any atom is -0.396 e. The molecule has 0 aliphatic carbocycles. The van der Waals surface area contributed by atoms with Crippen LogP contribution < -0.4 is 5.73 Å². The first-order valence-electron chi connectivity index (χ1n) is 4.50. The maximum Gasteiger partial charge on any atom is 0.469 e. The van der Waals surface area contributed by atoms with Crippen molar-refractivity contribution in [1.29, 1.82) is 0 Å². The van der Waals surface area contributed by atoms with E-state index < -0.39 is 7.82 Å². The summed E-state index contributed by atoms with van der Waals surface area (Å²) >= 11 is 0. The molecule has 0 aliphatic rings. The molecular weight excluding hydrogens is 209 g/mol. The lowest BCUT2D eigenvalue weighted by Gasteiger charge is -2.14. The zero-order valence-electron chi connectivity index (χ0n) is 8.00. The summed E-state index contributed by atoms with van der Waals surface area (Å²) in [5.41, 5.74) is 5.28. The maximum atomic E-state index is 10.4. The van der Waals surface area contributed by atoms with E-state index in [2.05, 4.69) is 4.52 Å². The van der Waals surface area contributed by atoms with Gasteiger partial charge in [0.2, 0.25) is 0 Å². The van der Waals surface area contributed by atoms with Gasteiger partial charge in [0.15, 0.2) is 0 Å². The Bertz CT molecular complexity index is 183. The van der Waals surface area contributed by atoms with Crippen LogP contribution in [0.4, 0.5) is 0 Å². The number of hydrogen-bond donors (Lipinski definition) is 4. The standard InChI is InChI=1S/C7H18NO5P/c8-4-2-1-3-7(5-9)6-13-14(10,11)12/h7,9H,1-6,8H2,(H2,10,11,12). The SMILES string of the molecule is NCCCCC(CO)COP(=O)(O)O. The lowest BCUT2D eigenvalue weighted by atomic mass is 10.0. The first kappa shape index (κ1) is 14.0. The van der Waals surface area contributed by atoms with Crippen molar-refractivity contribution in [1.82, 2.24) is 0 Å². The van der Waals surface area contributed by atoms with E-state index in [9.17, 15) is 4.57 Å². The van der Waals surface area contributed by atoms with Crippen molar-refractivity contribution in [2.45, 2.75) is 19.3 Å². The first-order chi connectivity index (χ1) is 6.49. The average molecular weight is 227 g/mol. The van der Waals surface area contributed by atoms with Gasteiger partial charge in [0.05, 0.1) is 6.61 Å². The van der Waals surface area contributed by atoms with Gasteiger partial charge in [-0.15, -0.1) is 0 Å². The zero-order valence-corrected chi connectivity index (χ0v) is 8.90. The number of rotatable bonds is 8. The molecule has 7 heteroatoms. The highest BCUT2D eigenvalue weighted by Crippen LogP contribution is 2.36. The fourth-order valence-corrected chi connectivity index (χ4v) is 1.41. The Morgan fingerprint density at radius 3 is 2.43 bits per heavy atom. The van der Waals surface area contributed by atoms with Gasteiger partial charge in [0.1, 0.15) is 0 Å². The van der Waals surface area contributed by atoms with Gasteiger partial charge < -0.3 is 20.6 Å². The fourth-order valence-electron chi connectivity index (χ4n) is 1.01. The normalized spacial score (nSPS) is 14.3. The molecule has 0 heterocycles. The Labute approximate surface area is 83.3 Å². The Morgan fingerprint density at radius 2 is 2.00 bits per heavy atom. The molecule has 0 fully saturated rings. The van der Waals surface area contributed by atoms with Crippen molar-refractivity contribution in [2.24, 2.45) is 11.7 Å². The summed E-state index contributed by atoms with van der Waals surface area (Å²) in [5, 5.41) is 8.86. The third-order valence-corrected chi connectivity index (χ3v) is 2.29. The number of hydrogen-bond acceptors (Lipinski definition) is 4. The zero-order chi connectivity index (χ0) is 11.0. The molecular formula is C7H18NO5P. The molecule has 0 radical (unpaired) electrons. The molecule has 5 N–H and O–H groups in total. The van der Waals surface area contributed by atoms with Crippen molar-refractivity contribution in [3.8, 4) is 0 Å². The molecule has 0 spiro atoms. The minimum absolute atomic E-state index is 0.120. The van der Waals surface area contributed by atoms with E-state index in [1.807, 2.05) is 0 Å². The van der Waals surface area contributed by atoms with Crippen LogP contribution in [-0.4, -0.2) is 34.7 Å². The molecule has 0 bridgehead atoms. The van der Waals surface area contributed by atoms with Gasteiger partial charge in [-0.3, -0.25) is 4.52 Å². The van der Waals surface area contributed by atoms with Crippen molar-refractivity contribution in [2.75, 3.05) is 19.8 Å². The van der Waals surface area contributed by atoms with Gasteiger partial charge in [-0.25, -0.2) is 4.57 Å². The van der Waals surface area contributed by atoms with Gasteiger partial charge in [-0.05, 0) is 19.4 Å². The smallest absolute Gasteiger partial charge is 0.396 e. The molecule has 14 heavy (non-hydrogen) atoms. The molecule has 6 nitrogen and oxygen atoms in total. The van der Waals surface area contributed by atoms with E-state index in [1.165, 1.54) is 0 Å². The molecule has 0 aliphatic heterocycles. The number of phosphoric acid groups is 1. The molecule has 0 aromatic rings. The van der Waals surface area contributed by atoms with Crippen LogP contribution in [0.3, 0.4) is 0 Å². The van der Waals surface area contributed by atoms with Crippen molar-refractivity contribution >= 4 is 7.82 Å². The molecule has 0 aromatic carbocycles. The number of aliphatic hydroxyl groups is 1. The van der Waals surface area contributed by atoms with E-state index in [-0.39, 0.29) is 19.1 Å². The summed E-state index contributed by atoms with van der Waals surface area (Å²) < 4.78 is 14.6. The van der Waals surface area contributed by atoms with Crippen LogP contribution >= 0.6 is 7.82 Å². The second kappa shape index (κ2) is 7.34. The minimum atomic E-state index is -4.41. The van der Waals surface area contributed by atoms with Crippen LogP contribution in [0.1, 0.15) is 19.3 Å². The summed E-state index contributed by atoms with van der Waals surface area (Å²) in [7, 11) is -4.41. The molecule has 86 valence electrons. The number of nitrogens with two attached hydrogens (primary N) is 1. The van der Waals surface area contributed by atoms with E-state index in [0.717, 1.165) is 12.8 Å². The summed E-state index contributed by atoms with van der Waals surface area (Å²) in [5.74, 6) is -0.228. The predicted molar refractivity (Wildman–Crippen MR) is 51.5 cm³/mol. The van der Waals surface area contributed by atoms with Crippen LogP contribution in [0, 0.1) is 5.92 Å².